The van der Waals surface area contributed by atoms with Crippen LogP contribution in [-0.2, 0) is 16.0 Å². The fraction of sp³-hybridized carbons (Fsp3) is 0.467. The first-order valence-corrected chi connectivity index (χ1v) is 6.78. The van der Waals surface area contributed by atoms with Crippen molar-refractivity contribution in [3.63, 3.8) is 0 Å². The minimum absolute atomic E-state index is 0.0536. The van der Waals surface area contributed by atoms with Crippen molar-refractivity contribution >= 4 is 11.8 Å². The molecule has 0 heterocycles. The molecule has 1 aromatic carbocycles. The average molecular weight is 294 g/mol. The second kappa shape index (κ2) is 8.84. The molecule has 2 amide bonds. The van der Waals surface area contributed by atoms with Gasteiger partial charge in [0.15, 0.2) is 0 Å². The number of carbonyl (C=O) groups excluding carboxylic acids is 2. The van der Waals surface area contributed by atoms with Crippen molar-refractivity contribution in [2.45, 2.75) is 19.8 Å². The van der Waals surface area contributed by atoms with Crippen molar-refractivity contribution in [1.29, 1.82) is 0 Å². The lowest BCUT2D eigenvalue weighted by atomic mass is 10.1. The summed E-state index contributed by atoms with van der Waals surface area (Å²) in [5.41, 5.74) is 0.975. The van der Waals surface area contributed by atoms with E-state index in [0.717, 1.165) is 5.56 Å². The zero-order valence-corrected chi connectivity index (χ0v) is 12.7. The molecule has 0 radical (unpaired) electrons. The van der Waals surface area contributed by atoms with Gasteiger partial charge in [-0.25, -0.2) is 0 Å². The molecule has 21 heavy (non-hydrogen) atoms. The van der Waals surface area contributed by atoms with Crippen LogP contribution >= 0.6 is 0 Å². The van der Waals surface area contributed by atoms with Gasteiger partial charge in [0, 0.05) is 32.5 Å². The molecule has 6 heteroatoms. The molecule has 0 aliphatic carbocycles. The predicted molar refractivity (Wildman–Crippen MR) is 79.6 cm³/mol. The monoisotopic (exact) mass is 294 g/mol. The maximum atomic E-state index is 11.7. The second-order valence-electron chi connectivity index (χ2n) is 4.55. The Morgan fingerprint density at radius 2 is 1.57 bits per heavy atom. The number of ether oxygens (including phenoxy) is 2. The van der Waals surface area contributed by atoms with Gasteiger partial charge in [0.1, 0.15) is 11.5 Å². The third-order valence-electron chi connectivity index (χ3n) is 2.87. The molecule has 0 saturated carbocycles. The molecule has 0 aliphatic heterocycles. The zero-order chi connectivity index (χ0) is 15.7. The lowest BCUT2D eigenvalue weighted by Crippen LogP contribution is -2.33. The summed E-state index contributed by atoms with van der Waals surface area (Å²) in [5.74, 6) is 1.25. The largest absolute Gasteiger partial charge is 0.497 e. The van der Waals surface area contributed by atoms with Crippen LogP contribution < -0.4 is 20.1 Å². The Morgan fingerprint density at radius 1 is 1.00 bits per heavy atom. The summed E-state index contributed by atoms with van der Waals surface area (Å²) in [6, 6.07) is 5.55. The normalized spacial score (nSPS) is 9.86. The van der Waals surface area contributed by atoms with Gasteiger partial charge in [0.25, 0.3) is 0 Å². The predicted octanol–water partition coefficient (Wildman–Crippen LogP) is 0.889. The molecule has 2 N–H and O–H groups in total. The standard InChI is InChI=1S/C15H22N2O4/c1-11(18)16-6-7-17-15(19)5-4-12-8-13(20-2)10-14(9-12)21-3/h8-10H,4-7H2,1-3H3,(H,16,18)(H,17,19). The van der Waals surface area contributed by atoms with E-state index in [0.29, 0.717) is 37.4 Å². The van der Waals surface area contributed by atoms with Gasteiger partial charge >= 0.3 is 0 Å². The Kier molecular flexibility index (Phi) is 7.08. The molecular weight excluding hydrogens is 272 g/mol. The fourth-order valence-corrected chi connectivity index (χ4v) is 1.80. The first kappa shape index (κ1) is 16.8. The topological polar surface area (TPSA) is 76.7 Å². The number of nitrogens with one attached hydrogen (secondary N) is 2. The molecular formula is C15H22N2O4. The van der Waals surface area contributed by atoms with Crippen LogP contribution in [0.15, 0.2) is 18.2 Å². The molecule has 0 fully saturated rings. The van der Waals surface area contributed by atoms with Gasteiger partial charge in [-0.3, -0.25) is 9.59 Å². The summed E-state index contributed by atoms with van der Waals surface area (Å²) >= 11 is 0. The molecule has 6 nitrogen and oxygen atoms in total. The number of hydrogen-bond donors (Lipinski definition) is 2. The molecule has 0 atom stereocenters. The Balaban J connectivity index is 2.40. The van der Waals surface area contributed by atoms with E-state index in [9.17, 15) is 9.59 Å². The summed E-state index contributed by atoms with van der Waals surface area (Å²) in [6.07, 6.45) is 0.968. The summed E-state index contributed by atoms with van der Waals surface area (Å²) in [6.45, 7) is 2.31. The van der Waals surface area contributed by atoms with Gasteiger partial charge in [-0.05, 0) is 24.1 Å². The number of methoxy groups -OCH3 is 2. The molecule has 0 bridgehead atoms. The molecule has 1 rings (SSSR count). The van der Waals surface area contributed by atoms with Gasteiger partial charge in [-0.2, -0.15) is 0 Å². The van der Waals surface area contributed by atoms with Crippen LogP contribution in [0.3, 0.4) is 0 Å². The van der Waals surface area contributed by atoms with Crippen LogP contribution in [0.25, 0.3) is 0 Å². The molecule has 116 valence electrons. The molecule has 0 unspecified atom stereocenters. The van der Waals surface area contributed by atoms with E-state index in [2.05, 4.69) is 10.6 Å². The van der Waals surface area contributed by atoms with Crippen LogP contribution in [-0.4, -0.2) is 39.1 Å². The summed E-state index contributed by atoms with van der Waals surface area (Å²) < 4.78 is 10.4. The molecule has 0 aliphatic rings. The maximum absolute atomic E-state index is 11.7. The van der Waals surface area contributed by atoms with E-state index in [4.69, 9.17) is 9.47 Å². The Morgan fingerprint density at radius 3 is 2.10 bits per heavy atom. The van der Waals surface area contributed by atoms with Crippen molar-refractivity contribution in [3.8, 4) is 11.5 Å². The van der Waals surface area contributed by atoms with Crippen molar-refractivity contribution in [1.82, 2.24) is 10.6 Å². The van der Waals surface area contributed by atoms with Crippen LogP contribution in [0, 0.1) is 0 Å². The van der Waals surface area contributed by atoms with Gasteiger partial charge in [0.05, 0.1) is 14.2 Å². The Labute approximate surface area is 124 Å². The summed E-state index contributed by atoms with van der Waals surface area (Å²) in [4.78, 5) is 22.4. The van der Waals surface area contributed by atoms with Crippen LogP contribution in [0.5, 0.6) is 11.5 Å². The SMILES string of the molecule is COc1cc(CCC(=O)NCCNC(C)=O)cc(OC)c1. The minimum atomic E-state index is -0.104. The minimum Gasteiger partial charge on any atom is -0.497 e. The number of rotatable bonds is 8. The van der Waals surface area contributed by atoms with Gasteiger partial charge in [-0.1, -0.05) is 0 Å². The highest BCUT2D eigenvalue weighted by atomic mass is 16.5. The summed E-state index contributed by atoms with van der Waals surface area (Å²) in [5, 5.41) is 5.37. The van der Waals surface area contributed by atoms with Crippen molar-refractivity contribution < 1.29 is 19.1 Å². The van der Waals surface area contributed by atoms with Crippen molar-refractivity contribution in [2.75, 3.05) is 27.3 Å². The van der Waals surface area contributed by atoms with E-state index in [1.807, 2.05) is 12.1 Å². The number of hydrogen-bond acceptors (Lipinski definition) is 4. The summed E-state index contributed by atoms with van der Waals surface area (Å²) in [7, 11) is 3.18. The van der Waals surface area contributed by atoms with Crippen LogP contribution in [0.2, 0.25) is 0 Å². The van der Waals surface area contributed by atoms with E-state index in [-0.39, 0.29) is 11.8 Å². The molecule has 0 saturated heterocycles. The van der Waals surface area contributed by atoms with E-state index in [1.54, 1.807) is 20.3 Å². The fourth-order valence-electron chi connectivity index (χ4n) is 1.80. The van der Waals surface area contributed by atoms with E-state index < -0.39 is 0 Å². The number of aryl methyl sites for hydroxylation is 1. The lowest BCUT2D eigenvalue weighted by Gasteiger charge is -2.09. The highest BCUT2D eigenvalue weighted by Crippen LogP contribution is 2.23. The number of benzene rings is 1. The first-order valence-electron chi connectivity index (χ1n) is 6.78. The quantitative estimate of drug-likeness (QED) is 0.698. The zero-order valence-electron chi connectivity index (χ0n) is 12.7. The smallest absolute Gasteiger partial charge is 0.220 e. The third-order valence-corrected chi connectivity index (χ3v) is 2.87. The van der Waals surface area contributed by atoms with Gasteiger partial charge < -0.3 is 20.1 Å². The number of amides is 2. The van der Waals surface area contributed by atoms with Gasteiger partial charge in [0.2, 0.25) is 11.8 Å². The van der Waals surface area contributed by atoms with Crippen LogP contribution in [0.1, 0.15) is 18.9 Å². The maximum Gasteiger partial charge on any atom is 0.220 e. The van der Waals surface area contributed by atoms with E-state index in [1.165, 1.54) is 6.92 Å². The molecule has 0 spiro atoms. The Hall–Kier alpha value is -2.24. The average Bonchev–Trinajstić information content (AvgIpc) is 2.48. The highest BCUT2D eigenvalue weighted by molar-refractivity contribution is 5.76. The highest BCUT2D eigenvalue weighted by Gasteiger charge is 2.05. The van der Waals surface area contributed by atoms with Crippen molar-refractivity contribution in [3.05, 3.63) is 23.8 Å². The van der Waals surface area contributed by atoms with E-state index >= 15 is 0 Å². The lowest BCUT2D eigenvalue weighted by molar-refractivity contribution is -0.122. The third kappa shape index (κ3) is 6.65. The van der Waals surface area contributed by atoms with Crippen LogP contribution in [0.4, 0.5) is 0 Å². The first-order chi connectivity index (χ1) is 10.0. The second-order valence-corrected chi connectivity index (χ2v) is 4.55. The van der Waals surface area contributed by atoms with Gasteiger partial charge in [-0.15, -0.1) is 0 Å². The molecule has 1 aromatic rings. The number of carbonyl (C=O) groups is 2. The molecule has 0 aromatic heterocycles. The van der Waals surface area contributed by atoms with Crippen molar-refractivity contribution in [2.24, 2.45) is 0 Å². The Bertz CT molecular complexity index is 466.